The SMILES string of the molecule is Cc1ccc(NC(=O)CCc2c(C)nc3ncnn3c2C)cc1C(F)(F)F. The van der Waals surface area contributed by atoms with Crippen LogP contribution >= 0.6 is 0 Å². The number of rotatable bonds is 4. The maximum absolute atomic E-state index is 13.0. The van der Waals surface area contributed by atoms with Crippen LogP contribution in [0.15, 0.2) is 24.5 Å². The van der Waals surface area contributed by atoms with Gasteiger partial charge in [-0.25, -0.2) is 9.50 Å². The highest BCUT2D eigenvalue weighted by Gasteiger charge is 2.32. The van der Waals surface area contributed by atoms with E-state index >= 15 is 0 Å². The van der Waals surface area contributed by atoms with Gasteiger partial charge in [0.15, 0.2) is 0 Å². The Hall–Kier alpha value is -2.97. The monoisotopic (exact) mass is 377 g/mol. The Morgan fingerprint density at radius 2 is 1.96 bits per heavy atom. The van der Waals surface area contributed by atoms with E-state index in [4.69, 9.17) is 0 Å². The topological polar surface area (TPSA) is 72.2 Å². The lowest BCUT2D eigenvalue weighted by Crippen LogP contribution is -2.15. The zero-order valence-corrected chi connectivity index (χ0v) is 15.1. The molecule has 6 nitrogen and oxygen atoms in total. The van der Waals surface area contributed by atoms with Crippen LogP contribution in [0.5, 0.6) is 0 Å². The Morgan fingerprint density at radius 1 is 1.22 bits per heavy atom. The zero-order valence-electron chi connectivity index (χ0n) is 15.1. The molecule has 0 aliphatic rings. The average Bonchev–Trinajstić information content (AvgIpc) is 3.04. The molecule has 2 heterocycles. The summed E-state index contributed by atoms with van der Waals surface area (Å²) < 4.78 is 40.6. The van der Waals surface area contributed by atoms with Crippen molar-refractivity contribution in [3.8, 4) is 0 Å². The van der Waals surface area contributed by atoms with E-state index in [1.807, 2.05) is 13.8 Å². The first-order valence-corrected chi connectivity index (χ1v) is 8.30. The summed E-state index contributed by atoms with van der Waals surface area (Å²) in [6.45, 7) is 5.07. The number of halogens is 3. The lowest BCUT2D eigenvalue weighted by Gasteiger charge is -2.13. The van der Waals surface area contributed by atoms with Crippen LogP contribution in [-0.2, 0) is 17.4 Å². The van der Waals surface area contributed by atoms with E-state index in [-0.39, 0.29) is 23.6 Å². The van der Waals surface area contributed by atoms with Gasteiger partial charge in [0.2, 0.25) is 5.91 Å². The number of hydrogen-bond donors (Lipinski definition) is 1. The second kappa shape index (κ2) is 6.98. The Labute approximate surface area is 153 Å². The number of fused-ring (bicyclic) bond motifs is 1. The van der Waals surface area contributed by atoms with E-state index < -0.39 is 11.7 Å². The number of aromatic nitrogens is 4. The van der Waals surface area contributed by atoms with Crippen molar-refractivity contribution in [2.45, 2.75) is 39.8 Å². The number of hydrogen-bond acceptors (Lipinski definition) is 4. The largest absolute Gasteiger partial charge is 0.416 e. The number of aryl methyl sites for hydroxylation is 3. The Kier molecular flexibility index (Phi) is 4.86. The third-order valence-electron chi connectivity index (χ3n) is 4.42. The second-order valence-corrected chi connectivity index (χ2v) is 6.31. The molecule has 0 saturated carbocycles. The number of benzene rings is 1. The zero-order chi connectivity index (χ0) is 19.8. The first kappa shape index (κ1) is 18.8. The number of nitrogens with zero attached hydrogens (tertiary/aromatic N) is 4. The Morgan fingerprint density at radius 3 is 2.67 bits per heavy atom. The lowest BCUT2D eigenvalue weighted by molar-refractivity contribution is -0.138. The van der Waals surface area contributed by atoms with Gasteiger partial charge >= 0.3 is 6.18 Å². The summed E-state index contributed by atoms with van der Waals surface area (Å²) in [7, 11) is 0. The first-order valence-electron chi connectivity index (χ1n) is 8.30. The van der Waals surface area contributed by atoms with Gasteiger partial charge in [0.25, 0.3) is 5.78 Å². The van der Waals surface area contributed by atoms with Gasteiger partial charge in [-0.1, -0.05) is 6.07 Å². The van der Waals surface area contributed by atoms with Crippen molar-refractivity contribution >= 4 is 17.4 Å². The van der Waals surface area contributed by atoms with Crippen molar-refractivity contribution < 1.29 is 18.0 Å². The molecule has 1 amide bonds. The van der Waals surface area contributed by atoms with Gasteiger partial charge in [0.05, 0.1) is 5.56 Å². The highest BCUT2D eigenvalue weighted by molar-refractivity contribution is 5.91. The predicted molar refractivity (Wildman–Crippen MR) is 93.4 cm³/mol. The standard InChI is InChI=1S/C18H18F3N5O/c1-10-4-5-13(8-15(10)18(19,20)21)25-16(27)7-6-14-11(2)24-17-22-9-23-26(17)12(14)3/h4-5,8-9H,6-7H2,1-3H3,(H,25,27). The van der Waals surface area contributed by atoms with E-state index in [9.17, 15) is 18.0 Å². The summed E-state index contributed by atoms with van der Waals surface area (Å²) in [4.78, 5) is 20.6. The van der Waals surface area contributed by atoms with E-state index in [0.717, 1.165) is 23.0 Å². The van der Waals surface area contributed by atoms with Gasteiger partial charge in [-0.05, 0) is 50.5 Å². The molecular weight excluding hydrogens is 359 g/mol. The highest BCUT2D eigenvalue weighted by atomic mass is 19.4. The molecule has 0 aliphatic heterocycles. The molecular formula is C18H18F3N5O. The minimum absolute atomic E-state index is 0.110. The fourth-order valence-electron chi connectivity index (χ4n) is 2.98. The number of carbonyl (C=O) groups is 1. The molecule has 142 valence electrons. The number of anilines is 1. The summed E-state index contributed by atoms with van der Waals surface area (Å²) in [5, 5.41) is 6.62. The molecule has 0 aliphatic carbocycles. The van der Waals surface area contributed by atoms with Crippen LogP contribution in [0.4, 0.5) is 18.9 Å². The maximum Gasteiger partial charge on any atom is 0.416 e. The van der Waals surface area contributed by atoms with Gasteiger partial charge in [0, 0.05) is 23.5 Å². The van der Waals surface area contributed by atoms with Crippen molar-refractivity contribution in [3.05, 3.63) is 52.6 Å². The minimum Gasteiger partial charge on any atom is -0.326 e. The number of alkyl halides is 3. The molecule has 0 unspecified atom stereocenters. The minimum atomic E-state index is -4.46. The molecule has 2 aromatic heterocycles. The molecule has 0 spiro atoms. The number of amides is 1. The third-order valence-corrected chi connectivity index (χ3v) is 4.42. The van der Waals surface area contributed by atoms with Gasteiger partial charge < -0.3 is 5.32 Å². The Bertz CT molecular complexity index is 1010. The molecule has 3 aromatic rings. The highest BCUT2D eigenvalue weighted by Crippen LogP contribution is 2.33. The first-order chi connectivity index (χ1) is 12.7. The molecule has 0 radical (unpaired) electrons. The molecule has 27 heavy (non-hydrogen) atoms. The Balaban J connectivity index is 1.72. The van der Waals surface area contributed by atoms with Crippen LogP contribution < -0.4 is 5.32 Å². The van der Waals surface area contributed by atoms with Gasteiger partial charge in [-0.2, -0.15) is 23.3 Å². The van der Waals surface area contributed by atoms with E-state index in [1.54, 1.807) is 4.52 Å². The molecule has 1 aromatic carbocycles. The molecule has 0 bridgehead atoms. The summed E-state index contributed by atoms with van der Waals surface area (Å²) >= 11 is 0. The third kappa shape index (κ3) is 3.91. The summed E-state index contributed by atoms with van der Waals surface area (Å²) in [6.07, 6.45) is -2.55. The molecule has 0 fully saturated rings. The average molecular weight is 377 g/mol. The van der Waals surface area contributed by atoms with Gasteiger partial charge in [-0.15, -0.1) is 0 Å². The van der Waals surface area contributed by atoms with Crippen molar-refractivity contribution in [1.29, 1.82) is 0 Å². The van der Waals surface area contributed by atoms with Crippen LogP contribution in [-0.4, -0.2) is 25.5 Å². The maximum atomic E-state index is 13.0. The normalized spacial score (nSPS) is 11.8. The molecule has 3 rings (SSSR count). The van der Waals surface area contributed by atoms with Crippen LogP contribution in [0, 0.1) is 20.8 Å². The van der Waals surface area contributed by atoms with Crippen LogP contribution in [0.1, 0.15) is 34.5 Å². The van der Waals surface area contributed by atoms with Crippen molar-refractivity contribution in [3.63, 3.8) is 0 Å². The quantitative estimate of drug-likeness (QED) is 0.754. The summed E-state index contributed by atoms with van der Waals surface area (Å²) in [5.41, 5.74) is 1.92. The van der Waals surface area contributed by atoms with Crippen molar-refractivity contribution in [1.82, 2.24) is 19.6 Å². The van der Waals surface area contributed by atoms with E-state index in [2.05, 4.69) is 20.4 Å². The van der Waals surface area contributed by atoms with Crippen LogP contribution in [0.3, 0.4) is 0 Å². The predicted octanol–water partition coefficient (Wildman–Crippen LogP) is 3.64. The molecule has 0 saturated heterocycles. The van der Waals surface area contributed by atoms with Gasteiger partial charge in [0.1, 0.15) is 6.33 Å². The van der Waals surface area contributed by atoms with E-state index in [0.29, 0.717) is 12.2 Å². The smallest absolute Gasteiger partial charge is 0.326 e. The van der Waals surface area contributed by atoms with Crippen molar-refractivity contribution in [2.24, 2.45) is 0 Å². The summed E-state index contributed by atoms with van der Waals surface area (Å²) in [5.74, 6) is 0.113. The van der Waals surface area contributed by atoms with Gasteiger partial charge in [-0.3, -0.25) is 4.79 Å². The van der Waals surface area contributed by atoms with Crippen LogP contribution in [0.25, 0.3) is 5.78 Å². The summed E-state index contributed by atoms with van der Waals surface area (Å²) in [6, 6.07) is 3.75. The number of nitrogens with one attached hydrogen (secondary N) is 1. The molecule has 0 atom stereocenters. The molecule has 9 heteroatoms. The number of carbonyl (C=O) groups excluding carboxylic acids is 1. The fraction of sp³-hybridized carbons (Fsp3) is 0.333. The lowest BCUT2D eigenvalue weighted by atomic mass is 10.1. The second-order valence-electron chi connectivity index (χ2n) is 6.31. The molecule has 1 N–H and O–H groups in total. The van der Waals surface area contributed by atoms with Crippen molar-refractivity contribution in [2.75, 3.05) is 5.32 Å². The van der Waals surface area contributed by atoms with E-state index in [1.165, 1.54) is 25.4 Å². The van der Waals surface area contributed by atoms with Crippen LogP contribution in [0.2, 0.25) is 0 Å². The fourth-order valence-corrected chi connectivity index (χ4v) is 2.98.